The van der Waals surface area contributed by atoms with Crippen molar-refractivity contribution >= 4 is 0 Å². The van der Waals surface area contributed by atoms with Gasteiger partial charge in [0.05, 0.1) is 6.61 Å². The lowest BCUT2D eigenvalue weighted by molar-refractivity contribution is 0.341. The molecule has 2 aromatic rings. The number of ether oxygens (including phenoxy) is 1. The third kappa shape index (κ3) is 4.35. The van der Waals surface area contributed by atoms with Crippen LogP contribution in [0, 0.1) is 5.92 Å². The first kappa shape index (κ1) is 16.6. The molecule has 0 atom stereocenters. The molecule has 2 nitrogen and oxygen atoms in total. The van der Waals surface area contributed by atoms with Crippen molar-refractivity contribution in [1.29, 1.82) is 0 Å². The van der Waals surface area contributed by atoms with E-state index in [4.69, 9.17) is 4.74 Å². The minimum absolute atomic E-state index is 0.684. The lowest BCUT2D eigenvalue weighted by atomic mass is 9.97. The predicted octanol–water partition coefficient (Wildman–Crippen LogP) is 4.67. The molecule has 0 radical (unpaired) electrons. The van der Waals surface area contributed by atoms with E-state index in [1.807, 2.05) is 14.0 Å². The second kappa shape index (κ2) is 8.00. The zero-order chi connectivity index (χ0) is 15.9. The van der Waals surface area contributed by atoms with Gasteiger partial charge in [-0.15, -0.1) is 0 Å². The van der Waals surface area contributed by atoms with Gasteiger partial charge in [0.15, 0.2) is 0 Å². The molecule has 1 N–H and O–H groups in total. The van der Waals surface area contributed by atoms with Gasteiger partial charge >= 0.3 is 0 Å². The highest BCUT2D eigenvalue weighted by Gasteiger charge is 2.08. The van der Waals surface area contributed by atoms with E-state index in [1.54, 1.807) is 0 Å². The Hall–Kier alpha value is -1.80. The van der Waals surface area contributed by atoms with Crippen molar-refractivity contribution in [3.05, 3.63) is 53.6 Å². The van der Waals surface area contributed by atoms with E-state index >= 15 is 0 Å². The predicted molar refractivity (Wildman–Crippen MR) is 94.4 cm³/mol. The fraction of sp³-hybridized carbons (Fsp3) is 0.400. The Kier molecular flexibility index (Phi) is 6.02. The molecule has 0 aromatic heterocycles. The zero-order valence-electron chi connectivity index (χ0n) is 14.1. The van der Waals surface area contributed by atoms with Crippen LogP contribution in [0.2, 0.25) is 0 Å². The second-order valence-electron chi connectivity index (χ2n) is 6.09. The summed E-state index contributed by atoms with van der Waals surface area (Å²) in [4.78, 5) is 0. The first-order valence-electron chi connectivity index (χ1n) is 8.13. The Morgan fingerprint density at radius 1 is 1.00 bits per heavy atom. The molecule has 0 heterocycles. The van der Waals surface area contributed by atoms with Crippen LogP contribution in [0.4, 0.5) is 0 Å². The molecule has 2 aromatic carbocycles. The number of benzene rings is 2. The van der Waals surface area contributed by atoms with Gasteiger partial charge < -0.3 is 10.1 Å². The summed E-state index contributed by atoms with van der Waals surface area (Å²) in [6, 6.07) is 15.3. The van der Waals surface area contributed by atoms with E-state index in [0.717, 1.165) is 18.7 Å². The SMILES string of the molecule is CCOc1ccc(CNC)cc1-c1ccc(CC(C)C)cc1. The highest BCUT2D eigenvalue weighted by molar-refractivity contribution is 5.71. The van der Waals surface area contributed by atoms with Crippen LogP contribution in [0.1, 0.15) is 31.9 Å². The molecule has 0 saturated carbocycles. The maximum Gasteiger partial charge on any atom is 0.127 e. The fourth-order valence-corrected chi connectivity index (χ4v) is 2.69. The summed E-state index contributed by atoms with van der Waals surface area (Å²) < 4.78 is 5.80. The van der Waals surface area contributed by atoms with Crippen molar-refractivity contribution in [2.75, 3.05) is 13.7 Å². The summed E-state index contributed by atoms with van der Waals surface area (Å²) in [5.41, 5.74) is 5.05. The van der Waals surface area contributed by atoms with Crippen LogP contribution in [0.3, 0.4) is 0 Å². The number of rotatable bonds is 7. The van der Waals surface area contributed by atoms with Crippen molar-refractivity contribution in [3.8, 4) is 16.9 Å². The van der Waals surface area contributed by atoms with Gasteiger partial charge in [-0.2, -0.15) is 0 Å². The molecule has 118 valence electrons. The van der Waals surface area contributed by atoms with Crippen LogP contribution >= 0.6 is 0 Å². The molecule has 22 heavy (non-hydrogen) atoms. The van der Waals surface area contributed by atoms with E-state index in [0.29, 0.717) is 12.5 Å². The summed E-state index contributed by atoms with van der Waals surface area (Å²) in [5.74, 6) is 1.64. The van der Waals surface area contributed by atoms with Gasteiger partial charge in [-0.3, -0.25) is 0 Å². The quantitative estimate of drug-likeness (QED) is 0.802. The van der Waals surface area contributed by atoms with Gasteiger partial charge in [0.2, 0.25) is 0 Å². The van der Waals surface area contributed by atoms with E-state index in [9.17, 15) is 0 Å². The van der Waals surface area contributed by atoms with Crippen molar-refractivity contribution in [2.45, 2.75) is 33.7 Å². The van der Waals surface area contributed by atoms with Gasteiger partial charge in [-0.1, -0.05) is 44.2 Å². The van der Waals surface area contributed by atoms with Crippen LogP contribution in [0.25, 0.3) is 11.1 Å². The van der Waals surface area contributed by atoms with Gasteiger partial charge in [0.1, 0.15) is 5.75 Å². The van der Waals surface area contributed by atoms with Gasteiger partial charge in [-0.05, 0) is 55.1 Å². The lowest BCUT2D eigenvalue weighted by Gasteiger charge is -2.13. The third-order valence-electron chi connectivity index (χ3n) is 3.63. The smallest absolute Gasteiger partial charge is 0.127 e. The van der Waals surface area contributed by atoms with Crippen molar-refractivity contribution < 1.29 is 4.74 Å². The Bertz CT molecular complexity index is 587. The number of hydrogen-bond donors (Lipinski definition) is 1. The molecule has 0 aliphatic rings. The Labute approximate surface area is 134 Å². The standard InChI is InChI=1S/C20H27NO/c1-5-22-20-11-8-17(14-21-4)13-19(20)18-9-6-16(7-10-18)12-15(2)3/h6-11,13,15,21H,5,12,14H2,1-4H3. The second-order valence-corrected chi connectivity index (χ2v) is 6.09. The minimum Gasteiger partial charge on any atom is -0.493 e. The van der Waals surface area contributed by atoms with Crippen LogP contribution in [0.15, 0.2) is 42.5 Å². The molecule has 0 saturated heterocycles. The van der Waals surface area contributed by atoms with E-state index < -0.39 is 0 Å². The largest absolute Gasteiger partial charge is 0.493 e. The highest BCUT2D eigenvalue weighted by Crippen LogP contribution is 2.31. The summed E-state index contributed by atoms with van der Waals surface area (Å²) in [5, 5.41) is 3.20. The normalized spacial score (nSPS) is 11.0. The molecule has 2 rings (SSSR count). The minimum atomic E-state index is 0.684. The van der Waals surface area contributed by atoms with Crippen LogP contribution in [0.5, 0.6) is 5.75 Å². The maximum atomic E-state index is 5.80. The monoisotopic (exact) mass is 297 g/mol. The molecule has 0 unspecified atom stereocenters. The Balaban J connectivity index is 2.33. The molecule has 0 aliphatic carbocycles. The lowest BCUT2D eigenvalue weighted by Crippen LogP contribution is -2.05. The molecule has 2 heteroatoms. The molecule has 0 fully saturated rings. The Morgan fingerprint density at radius 3 is 2.27 bits per heavy atom. The molecular weight excluding hydrogens is 270 g/mol. The summed E-state index contributed by atoms with van der Waals surface area (Å²) in [7, 11) is 1.97. The summed E-state index contributed by atoms with van der Waals surface area (Å²) in [6.07, 6.45) is 1.12. The number of nitrogens with one attached hydrogen (secondary N) is 1. The topological polar surface area (TPSA) is 21.3 Å². The Morgan fingerprint density at radius 2 is 1.68 bits per heavy atom. The summed E-state index contributed by atoms with van der Waals surface area (Å²) >= 11 is 0. The third-order valence-corrected chi connectivity index (χ3v) is 3.63. The van der Waals surface area contributed by atoms with Crippen molar-refractivity contribution in [2.24, 2.45) is 5.92 Å². The molecule has 0 bridgehead atoms. The number of hydrogen-bond acceptors (Lipinski definition) is 2. The van der Waals surface area contributed by atoms with Crippen LogP contribution < -0.4 is 10.1 Å². The van der Waals surface area contributed by atoms with Gasteiger partial charge in [-0.25, -0.2) is 0 Å². The fourth-order valence-electron chi connectivity index (χ4n) is 2.69. The van der Waals surface area contributed by atoms with E-state index in [1.165, 1.54) is 22.3 Å². The van der Waals surface area contributed by atoms with Gasteiger partial charge in [0.25, 0.3) is 0 Å². The molecular formula is C20H27NO. The van der Waals surface area contributed by atoms with Crippen LogP contribution in [-0.2, 0) is 13.0 Å². The van der Waals surface area contributed by atoms with Gasteiger partial charge in [0, 0.05) is 12.1 Å². The average Bonchev–Trinajstić information content (AvgIpc) is 2.50. The van der Waals surface area contributed by atoms with Crippen molar-refractivity contribution in [1.82, 2.24) is 5.32 Å². The molecule has 0 spiro atoms. The van der Waals surface area contributed by atoms with E-state index in [2.05, 4.69) is 61.6 Å². The van der Waals surface area contributed by atoms with Crippen LogP contribution in [-0.4, -0.2) is 13.7 Å². The maximum absolute atomic E-state index is 5.80. The molecule has 0 amide bonds. The molecule has 0 aliphatic heterocycles. The highest BCUT2D eigenvalue weighted by atomic mass is 16.5. The zero-order valence-corrected chi connectivity index (χ0v) is 14.1. The van der Waals surface area contributed by atoms with E-state index in [-0.39, 0.29) is 0 Å². The first-order valence-corrected chi connectivity index (χ1v) is 8.13. The average molecular weight is 297 g/mol. The summed E-state index contributed by atoms with van der Waals surface area (Å²) in [6.45, 7) is 8.08. The van der Waals surface area contributed by atoms with Crippen molar-refractivity contribution in [3.63, 3.8) is 0 Å². The first-order chi connectivity index (χ1) is 10.6.